The van der Waals surface area contributed by atoms with Crippen LogP contribution in [0.25, 0.3) is 22.6 Å². The Kier molecular flexibility index (Phi) is 5.85. The Morgan fingerprint density at radius 3 is 2.62 bits per heavy atom. The standard InChI is InChI=1S/C22H15ClN4O4S/c1-12-16(3-2-4-18(12)27(29)30)20(28)26-22(32)24-15-8-5-13(6-9-15)21-25-17-11-14(23)7-10-19(17)31-21/h2-11H,1H3,(H2,24,26,28,32). The predicted molar refractivity (Wildman–Crippen MR) is 126 cm³/mol. The predicted octanol–water partition coefficient (Wildman–Crippen LogP) is 5.49. The molecule has 10 heteroatoms. The average Bonchev–Trinajstić information content (AvgIpc) is 3.17. The van der Waals surface area contributed by atoms with Crippen LogP contribution in [0.2, 0.25) is 5.02 Å². The van der Waals surface area contributed by atoms with Crippen molar-refractivity contribution >= 4 is 57.3 Å². The first-order valence-corrected chi connectivity index (χ1v) is 10.1. The summed E-state index contributed by atoms with van der Waals surface area (Å²) >= 11 is 11.2. The molecular weight excluding hydrogens is 452 g/mol. The number of nitro benzene ring substituents is 1. The van der Waals surface area contributed by atoms with Crippen LogP contribution in [-0.2, 0) is 0 Å². The minimum absolute atomic E-state index is 0.0603. The van der Waals surface area contributed by atoms with E-state index in [0.29, 0.717) is 27.7 Å². The molecule has 0 aliphatic carbocycles. The molecule has 4 aromatic rings. The monoisotopic (exact) mass is 466 g/mol. The van der Waals surface area contributed by atoms with E-state index in [9.17, 15) is 14.9 Å². The van der Waals surface area contributed by atoms with Crippen LogP contribution in [0, 0.1) is 17.0 Å². The smallest absolute Gasteiger partial charge is 0.273 e. The zero-order valence-electron chi connectivity index (χ0n) is 16.6. The third-order valence-corrected chi connectivity index (χ3v) is 5.15. The molecule has 0 spiro atoms. The van der Waals surface area contributed by atoms with Crippen molar-refractivity contribution in [1.29, 1.82) is 0 Å². The number of aromatic nitrogens is 1. The summed E-state index contributed by atoms with van der Waals surface area (Å²) in [4.78, 5) is 27.5. The molecule has 1 amide bonds. The number of carbonyl (C=O) groups excluding carboxylic acids is 1. The number of carbonyl (C=O) groups is 1. The highest BCUT2D eigenvalue weighted by molar-refractivity contribution is 7.80. The quantitative estimate of drug-likeness (QED) is 0.232. The van der Waals surface area contributed by atoms with Crippen LogP contribution in [0.1, 0.15) is 15.9 Å². The minimum atomic E-state index is -0.537. The van der Waals surface area contributed by atoms with Crippen molar-refractivity contribution < 1.29 is 14.1 Å². The number of rotatable bonds is 4. The molecule has 8 nitrogen and oxygen atoms in total. The number of amides is 1. The van der Waals surface area contributed by atoms with E-state index < -0.39 is 10.8 Å². The van der Waals surface area contributed by atoms with Crippen LogP contribution in [0.15, 0.2) is 65.1 Å². The number of fused-ring (bicyclic) bond motifs is 1. The van der Waals surface area contributed by atoms with Crippen molar-refractivity contribution in [3.8, 4) is 11.5 Å². The molecule has 4 rings (SSSR count). The normalized spacial score (nSPS) is 10.7. The van der Waals surface area contributed by atoms with Crippen molar-refractivity contribution in [3.63, 3.8) is 0 Å². The van der Waals surface area contributed by atoms with E-state index in [1.54, 1.807) is 42.5 Å². The minimum Gasteiger partial charge on any atom is -0.436 e. The third-order valence-electron chi connectivity index (χ3n) is 4.71. The topological polar surface area (TPSA) is 110 Å². The van der Waals surface area contributed by atoms with Gasteiger partial charge in [-0.25, -0.2) is 4.98 Å². The van der Waals surface area contributed by atoms with Crippen LogP contribution in [0.3, 0.4) is 0 Å². The van der Waals surface area contributed by atoms with E-state index in [1.807, 2.05) is 0 Å². The molecule has 0 aliphatic heterocycles. The van der Waals surface area contributed by atoms with Gasteiger partial charge in [-0.3, -0.25) is 20.2 Å². The van der Waals surface area contributed by atoms with Gasteiger partial charge in [-0.2, -0.15) is 0 Å². The van der Waals surface area contributed by atoms with Crippen molar-refractivity contribution in [3.05, 3.63) is 86.9 Å². The number of nitrogens with one attached hydrogen (secondary N) is 2. The van der Waals surface area contributed by atoms with Crippen molar-refractivity contribution in [2.24, 2.45) is 0 Å². The number of nitrogens with zero attached hydrogens (tertiary/aromatic N) is 2. The Balaban J connectivity index is 1.44. The molecule has 160 valence electrons. The summed E-state index contributed by atoms with van der Waals surface area (Å²) in [6.07, 6.45) is 0. The molecule has 1 heterocycles. The Morgan fingerprint density at radius 1 is 1.16 bits per heavy atom. The van der Waals surface area contributed by atoms with Gasteiger partial charge < -0.3 is 9.73 Å². The largest absolute Gasteiger partial charge is 0.436 e. The first-order chi connectivity index (χ1) is 15.3. The fourth-order valence-corrected chi connectivity index (χ4v) is 3.50. The zero-order chi connectivity index (χ0) is 22.8. The molecular formula is C22H15ClN4O4S. The van der Waals surface area contributed by atoms with Gasteiger partial charge in [0.2, 0.25) is 5.89 Å². The van der Waals surface area contributed by atoms with E-state index >= 15 is 0 Å². The average molecular weight is 467 g/mol. The van der Waals surface area contributed by atoms with Crippen LogP contribution in [0.4, 0.5) is 11.4 Å². The number of halogens is 1. The van der Waals surface area contributed by atoms with Crippen molar-refractivity contribution in [2.45, 2.75) is 6.92 Å². The van der Waals surface area contributed by atoms with E-state index in [4.69, 9.17) is 28.2 Å². The summed E-state index contributed by atoms with van der Waals surface area (Å²) in [5, 5.41) is 17.2. The number of hydrogen-bond acceptors (Lipinski definition) is 6. The second-order valence-electron chi connectivity index (χ2n) is 6.82. The second kappa shape index (κ2) is 8.74. The van der Waals surface area contributed by atoms with E-state index in [1.165, 1.54) is 25.1 Å². The molecule has 0 saturated carbocycles. The fourth-order valence-electron chi connectivity index (χ4n) is 3.12. The van der Waals surface area contributed by atoms with Gasteiger partial charge in [-0.1, -0.05) is 17.7 Å². The fraction of sp³-hybridized carbons (Fsp3) is 0.0455. The summed E-state index contributed by atoms with van der Waals surface area (Å²) in [5.41, 5.74) is 2.99. The second-order valence-corrected chi connectivity index (χ2v) is 7.67. The van der Waals surface area contributed by atoms with Crippen LogP contribution < -0.4 is 10.6 Å². The van der Waals surface area contributed by atoms with Gasteiger partial charge in [-0.15, -0.1) is 0 Å². The van der Waals surface area contributed by atoms with E-state index in [-0.39, 0.29) is 21.9 Å². The maximum Gasteiger partial charge on any atom is 0.273 e. The molecule has 0 fully saturated rings. The highest BCUT2D eigenvalue weighted by Crippen LogP contribution is 2.27. The zero-order valence-corrected chi connectivity index (χ0v) is 18.2. The summed E-state index contributed by atoms with van der Waals surface area (Å²) in [6.45, 7) is 1.52. The molecule has 0 unspecified atom stereocenters. The Bertz CT molecular complexity index is 1370. The van der Waals surface area contributed by atoms with Gasteiger partial charge in [0.1, 0.15) is 5.52 Å². The van der Waals surface area contributed by atoms with Gasteiger partial charge in [-0.05, 0) is 67.7 Å². The van der Waals surface area contributed by atoms with Gasteiger partial charge in [0.15, 0.2) is 10.7 Å². The third kappa shape index (κ3) is 4.43. The molecule has 0 radical (unpaired) electrons. The van der Waals surface area contributed by atoms with Crippen LogP contribution >= 0.6 is 23.8 Å². The van der Waals surface area contributed by atoms with Gasteiger partial charge in [0.05, 0.1) is 4.92 Å². The number of oxazole rings is 1. The summed E-state index contributed by atoms with van der Waals surface area (Å²) in [7, 11) is 0. The Morgan fingerprint density at radius 2 is 1.91 bits per heavy atom. The van der Waals surface area contributed by atoms with Crippen molar-refractivity contribution in [2.75, 3.05) is 5.32 Å². The lowest BCUT2D eigenvalue weighted by molar-refractivity contribution is -0.385. The first-order valence-electron chi connectivity index (χ1n) is 9.34. The number of thiocarbonyl (C=S) groups is 1. The molecule has 1 aromatic heterocycles. The van der Waals surface area contributed by atoms with Gasteiger partial charge in [0.25, 0.3) is 11.6 Å². The Labute approximate surface area is 192 Å². The molecule has 0 bridgehead atoms. The molecule has 2 N–H and O–H groups in total. The van der Waals surface area contributed by atoms with Gasteiger partial charge in [0, 0.05) is 33.5 Å². The first kappa shape index (κ1) is 21.4. The van der Waals surface area contributed by atoms with Gasteiger partial charge >= 0.3 is 0 Å². The lowest BCUT2D eigenvalue weighted by atomic mass is 10.1. The molecule has 0 atom stereocenters. The van der Waals surface area contributed by atoms with Crippen LogP contribution in [0.5, 0.6) is 0 Å². The number of nitro groups is 1. The number of hydrogen-bond donors (Lipinski definition) is 2. The molecule has 0 saturated heterocycles. The molecule has 3 aromatic carbocycles. The maximum absolute atomic E-state index is 12.5. The SMILES string of the molecule is Cc1c(C(=O)NC(=S)Nc2ccc(-c3nc4cc(Cl)ccc4o3)cc2)cccc1[N+](=O)[O-]. The van der Waals surface area contributed by atoms with E-state index in [0.717, 1.165) is 5.56 Å². The highest BCUT2D eigenvalue weighted by Gasteiger charge is 2.18. The lowest BCUT2D eigenvalue weighted by Crippen LogP contribution is -2.34. The van der Waals surface area contributed by atoms with Crippen LogP contribution in [-0.4, -0.2) is 20.9 Å². The molecule has 32 heavy (non-hydrogen) atoms. The highest BCUT2D eigenvalue weighted by atomic mass is 35.5. The summed E-state index contributed by atoms with van der Waals surface area (Å²) < 4.78 is 5.75. The molecule has 0 aliphatic rings. The Hall–Kier alpha value is -3.82. The van der Waals surface area contributed by atoms with Crippen molar-refractivity contribution in [1.82, 2.24) is 10.3 Å². The number of benzene rings is 3. The number of anilines is 1. The maximum atomic E-state index is 12.5. The lowest BCUT2D eigenvalue weighted by Gasteiger charge is -2.11. The summed E-state index contributed by atoms with van der Waals surface area (Å²) in [6, 6.07) is 16.6. The summed E-state index contributed by atoms with van der Waals surface area (Å²) in [5.74, 6) is -0.0868. The van der Waals surface area contributed by atoms with E-state index in [2.05, 4.69) is 15.6 Å².